The average Bonchev–Trinajstić information content (AvgIpc) is 2.69. The molecule has 2 heterocycles. The first-order valence-corrected chi connectivity index (χ1v) is 8.33. The molecule has 0 bridgehead atoms. The summed E-state index contributed by atoms with van der Waals surface area (Å²) in [6.45, 7) is 5.16. The number of halogens is 2. The van der Waals surface area contributed by atoms with Gasteiger partial charge in [-0.05, 0) is 57.9 Å². The van der Waals surface area contributed by atoms with Gasteiger partial charge in [0.15, 0.2) is 5.82 Å². The van der Waals surface area contributed by atoms with Crippen LogP contribution in [0.2, 0.25) is 0 Å². The molecule has 6 heteroatoms. The quantitative estimate of drug-likeness (QED) is 0.704. The van der Waals surface area contributed by atoms with Gasteiger partial charge in [-0.2, -0.15) is 0 Å². The Bertz CT molecular complexity index is 537. The summed E-state index contributed by atoms with van der Waals surface area (Å²) in [5.41, 5.74) is 0. The maximum absolute atomic E-state index is 4.59. The van der Waals surface area contributed by atoms with Crippen LogP contribution in [-0.2, 0) is 0 Å². The second-order valence-electron chi connectivity index (χ2n) is 3.83. The van der Waals surface area contributed by atoms with Crippen LogP contribution in [0.3, 0.4) is 0 Å². The zero-order valence-corrected chi connectivity index (χ0v) is 14.7. The first kappa shape index (κ1) is 14.2. The molecule has 0 aliphatic carbocycles. The van der Waals surface area contributed by atoms with E-state index in [0.717, 1.165) is 37.5 Å². The monoisotopic (exact) mass is 437 g/mol. The number of aryl methyl sites for hydroxylation is 1. The fraction of sp³-hybridized carbons (Fsp3) is 0.333. The molecule has 0 unspecified atom stereocenters. The highest BCUT2D eigenvalue weighted by atomic mass is 127. The Morgan fingerprint density at radius 1 is 1.50 bits per heavy atom. The van der Waals surface area contributed by atoms with Crippen LogP contribution in [-0.4, -0.2) is 16.5 Å². The molecule has 96 valence electrons. The third kappa shape index (κ3) is 3.21. The third-order valence-electron chi connectivity index (χ3n) is 2.36. The van der Waals surface area contributed by atoms with Crippen LogP contribution < -0.4 is 5.32 Å². The van der Waals surface area contributed by atoms with Gasteiger partial charge in [-0.15, -0.1) is 11.3 Å². The maximum Gasteiger partial charge on any atom is 0.171 e. The van der Waals surface area contributed by atoms with E-state index in [-0.39, 0.29) is 0 Å². The largest absolute Gasteiger partial charge is 0.369 e. The minimum absolute atomic E-state index is 0.785. The number of aromatic nitrogens is 2. The molecule has 0 spiro atoms. The van der Waals surface area contributed by atoms with Crippen molar-refractivity contribution in [1.29, 1.82) is 0 Å². The van der Waals surface area contributed by atoms with E-state index in [1.807, 2.05) is 6.20 Å². The van der Waals surface area contributed by atoms with E-state index in [4.69, 9.17) is 0 Å². The molecule has 0 atom stereocenters. The van der Waals surface area contributed by atoms with Crippen molar-refractivity contribution >= 4 is 55.7 Å². The van der Waals surface area contributed by atoms with Crippen molar-refractivity contribution in [3.05, 3.63) is 25.2 Å². The van der Waals surface area contributed by atoms with Crippen LogP contribution in [0, 0.1) is 10.5 Å². The molecule has 2 aromatic rings. The number of rotatable bonds is 4. The van der Waals surface area contributed by atoms with Crippen molar-refractivity contribution in [2.75, 3.05) is 11.9 Å². The zero-order chi connectivity index (χ0) is 13.1. The summed E-state index contributed by atoms with van der Waals surface area (Å²) in [6.07, 6.45) is 2.95. The van der Waals surface area contributed by atoms with E-state index >= 15 is 0 Å². The summed E-state index contributed by atoms with van der Waals surface area (Å²) in [6, 6.07) is 2.08. The van der Waals surface area contributed by atoms with Gasteiger partial charge in [0.2, 0.25) is 0 Å². The van der Waals surface area contributed by atoms with Crippen molar-refractivity contribution in [1.82, 2.24) is 9.97 Å². The predicted molar refractivity (Wildman–Crippen MR) is 89.3 cm³/mol. The Morgan fingerprint density at radius 2 is 2.28 bits per heavy atom. The van der Waals surface area contributed by atoms with Gasteiger partial charge in [0.25, 0.3) is 0 Å². The molecule has 0 radical (unpaired) electrons. The molecule has 2 rings (SSSR count). The number of nitrogens with one attached hydrogen (secondary N) is 1. The summed E-state index contributed by atoms with van der Waals surface area (Å²) >= 11 is 7.48. The summed E-state index contributed by atoms with van der Waals surface area (Å²) in [7, 11) is 0. The third-order valence-corrected chi connectivity index (χ3v) is 5.29. The van der Waals surface area contributed by atoms with Crippen LogP contribution in [0.5, 0.6) is 0 Å². The molecule has 0 aromatic carbocycles. The summed E-state index contributed by atoms with van der Waals surface area (Å²) in [5.74, 6) is 1.71. The van der Waals surface area contributed by atoms with Crippen LogP contribution >= 0.6 is 49.9 Å². The van der Waals surface area contributed by atoms with Crippen LogP contribution in [0.1, 0.15) is 18.2 Å². The number of thiophene rings is 1. The summed E-state index contributed by atoms with van der Waals surface area (Å²) < 4.78 is 2.17. The molecule has 0 saturated heterocycles. The molecule has 0 saturated carbocycles. The van der Waals surface area contributed by atoms with Crippen LogP contribution in [0.25, 0.3) is 10.7 Å². The van der Waals surface area contributed by atoms with E-state index in [1.165, 1.54) is 4.88 Å². The Labute approximate surface area is 133 Å². The fourth-order valence-electron chi connectivity index (χ4n) is 1.42. The van der Waals surface area contributed by atoms with Gasteiger partial charge in [0.05, 0.1) is 8.45 Å². The van der Waals surface area contributed by atoms with Gasteiger partial charge in [-0.3, -0.25) is 0 Å². The van der Waals surface area contributed by atoms with Crippen molar-refractivity contribution in [2.45, 2.75) is 20.3 Å². The lowest BCUT2D eigenvalue weighted by atomic mass is 10.4. The fourth-order valence-corrected chi connectivity index (χ4v) is 3.35. The summed E-state index contributed by atoms with van der Waals surface area (Å²) in [4.78, 5) is 11.3. The van der Waals surface area contributed by atoms with Crippen molar-refractivity contribution in [3.8, 4) is 10.7 Å². The Hall–Kier alpha value is -0.210. The number of hydrogen-bond acceptors (Lipinski definition) is 4. The molecule has 3 nitrogen and oxygen atoms in total. The molecule has 2 aromatic heterocycles. The lowest BCUT2D eigenvalue weighted by Crippen LogP contribution is -2.05. The topological polar surface area (TPSA) is 37.8 Å². The van der Waals surface area contributed by atoms with Crippen molar-refractivity contribution in [3.63, 3.8) is 0 Å². The molecular formula is C12H13BrIN3S. The Kier molecular flexibility index (Phi) is 4.97. The molecular weight excluding hydrogens is 425 g/mol. The standard InChI is InChI=1S/C12H13BrIN3S/c1-3-4-15-11-9(14)6-16-12(17-11)10-5-8(13)7(2)18-10/h5-6H,3-4H2,1-2H3,(H,15,16,17). The first-order chi connectivity index (χ1) is 8.61. The van der Waals surface area contributed by atoms with Crippen molar-refractivity contribution in [2.24, 2.45) is 0 Å². The predicted octanol–water partition coefficient (Wildman–Crippen LogP) is 4.70. The zero-order valence-electron chi connectivity index (χ0n) is 10.1. The van der Waals surface area contributed by atoms with Gasteiger partial charge < -0.3 is 5.32 Å². The molecule has 0 amide bonds. The van der Waals surface area contributed by atoms with E-state index in [0.29, 0.717) is 0 Å². The number of nitrogens with zero attached hydrogens (tertiary/aromatic N) is 2. The van der Waals surface area contributed by atoms with E-state index < -0.39 is 0 Å². The van der Waals surface area contributed by atoms with Crippen LogP contribution in [0.4, 0.5) is 5.82 Å². The van der Waals surface area contributed by atoms with Gasteiger partial charge in [0, 0.05) is 22.1 Å². The minimum atomic E-state index is 0.785. The molecule has 1 N–H and O–H groups in total. The number of anilines is 1. The summed E-state index contributed by atoms with van der Waals surface area (Å²) in [5, 5.41) is 3.33. The highest BCUT2D eigenvalue weighted by molar-refractivity contribution is 14.1. The molecule has 18 heavy (non-hydrogen) atoms. The Morgan fingerprint density at radius 3 is 2.89 bits per heavy atom. The van der Waals surface area contributed by atoms with Gasteiger partial charge >= 0.3 is 0 Å². The van der Waals surface area contributed by atoms with Gasteiger partial charge in [0.1, 0.15) is 5.82 Å². The minimum Gasteiger partial charge on any atom is -0.369 e. The Balaban J connectivity index is 2.34. The SMILES string of the molecule is CCCNc1nc(-c2cc(Br)c(C)s2)ncc1I. The second kappa shape index (κ2) is 6.29. The normalized spacial score (nSPS) is 10.7. The lowest BCUT2D eigenvalue weighted by Gasteiger charge is -2.07. The second-order valence-corrected chi connectivity index (χ2v) is 7.10. The number of hydrogen-bond donors (Lipinski definition) is 1. The van der Waals surface area contributed by atoms with Crippen molar-refractivity contribution < 1.29 is 0 Å². The van der Waals surface area contributed by atoms with Gasteiger partial charge in [-0.25, -0.2) is 9.97 Å². The smallest absolute Gasteiger partial charge is 0.171 e. The highest BCUT2D eigenvalue weighted by Gasteiger charge is 2.10. The van der Waals surface area contributed by atoms with E-state index in [2.05, 4.69) is 73.7 Å². The van der Waals surface area contributed by atoms with Gasteiger partial charge in [-0.1, -0.05) is 6.92 Å². The average molecular weight is 438 g/mol. The first-order valence-electron chi connectivity index (χ1n) is 5.64. The maximum atomic E-state index is 4.59. The van der Waals surface area contributed by atoms with E-state index in [9.17, 15) is 0 Å². The van der Waals surface area contributed by atoms with E-state index in [1.54, 1.807) is 11.3 Å². The highest BCUT2D eigenvalue weighted by Crippen LogP contribution is 2.33. The molecule has 0 aliphatic heterocycles. The molecule has 0 fully saturated rings. The van der Waals surface area contributed by atoms with Crippen LogP contribution in [0.15, 0.2) is 16.7 Å². The lowest BCUT2D eigenvalue weighted by molar-refractivity contribution is 0.963. The molecule has 0 aliphatic rings.